The number of fused-ring (bicyclic) bond motifs is 1. The van der Waals surface area contributed by atoms with Crippen LogP contribution >= 0.6 is 0 Å². The van der Waals surface area contributed by atoms with Crippen molar-refractivity contribution in [2.45, 2.75) is 32.6 Å². The van der Waals surface area contributed by atoms with Gasteiger partial charge in [0.05, 0.1) is 12.1 Å². The molecule has 6 nitrogen and oxygen atoms in total. The van der Waals surface area contributed by atoms with Crippen LogP contribution in [0.25, 0.3) is 5.65 Å². The van der Waals surface area contributed by atoms with Gasteiger partial charge in [-0.05, 0) is 18.8 Å². The van der Waals surface area contributed by atoms with Crippen LogP contribution in [0.1, 0.15) is 38.3 Å². The standard InChI is InChI=1S/C15H21N5O/c1-10(2)12-8-14(20-13(18-12)5-6-17-20)19-7-3-4-11(9-19)15(16)21/h5-6,8,10-11H,3-4,7,9H2,1-2H3,(H2,16,21)/t11-/m0/s1. The lowest BCUT2D eigenvalue weighted by molar-refractivity contribution is -0.122. The van der Waals surface area contributed by atoms with Gasteiger partial charge in [-0.1, -0.05) is 13.8 Å². The van der Waals surface area contributed by atoms with Crippen LogP contribution in [0, 0.1) is 5.92 Å². The summed E-state index contributed by atoms with van der Waals surface area (Å²) in [5.74, 6) is 1.05. The summed E-state index contributed by atoms with van der Waals surface area (Å²) >= 11 is 0. The Morgan fingerprint density at radius 3 is 3.00 bits per heavy atom. The Hall–Kier alpha value is -2.11. The molecular weight excluding hydrogens is 266 g/mol. The van der Waals surface area contributed by atoms with Crippen LogP contribution in [-0.4, -0.2) is 33.6 Å². The molecule has 1 amide bonds. The van der Waals surface area contributed by atoms with E-state index in [1.807, 2.05) is 10.6 Å². The first kappa shape index (κ1) is 13.9. The Labute approximate surface area is 123 Å². The molecule has 3 heterocycles. The van der Waals surface area contributed by atoms with Gasteiger partial charge in [-0.2, -0.15) is 9.61 Å². The third-order valence-corrected chi connectivity index (χ3v) is 4.10. The molecule has 1 aliphatic rings. The molecule has 1 atom stereocenters. The molecular formula is C15H21N5O. The molecule has 1 aliphatic heterocycles. The fourth-order valence-electron chi connectivity index (χ4n) is 2.85. The molecule has 2 N–H and O–H groups in total. The number of primary amides is 1. The number of nitrogens with zero attached hydrogens (tertiary/aromatic N) is 4. The summed E-state index contributed by atoms with van der Waals surface area (Å²) in [5, 5.41) is 4.36. The second kappa shape index (κ2) is 5.35. The van der Waals surface area contributed by atoms with Crippen LogP contribution in [0.4, 0.5) is 5.82 Å². The van der Waals surface area contributed by atoms with Crippen LogP contribution in [-0.2, 0) is 4.79 Å². The summed E-state index contributed by atoms with van der Waals surface area (Å²) in [6, 6.07) is 3.99. The highest BCUT2D eigenvalue weighted by Crippen LogP contribution is 2.26. The van der Waals surface area contributed by atoms with Gasteiger partial charge in [-0.25, -0.2) is 4.98 Å². The number of piperidine rings is 1. The molecule has 112 valence electrons. The number of amides is 1. The van der Waals surface area contributed by atoms with E-state index in [-0.39, 0.29) is 11.8 Å². The molecule has 21 heavy (non-hydrogen) atoms. The maximum Gasteiger partial charge on any atom is 0.222 e. The lowest BCUT2D eigenvalue weighted by Gasteiger charge is -2.33. The van der Waals surface area contributed by atoms with E-state index >= 15 is 0 Å². The van der Waals surface area contributed by atoms with Gasteiger partial charge in [0.1, 0.15) is 5.82 Å². The number of aromatic nitrogens is 3. The molecule has 0 radical (unpaired) electrons. The lowest BCUT2D eigenvalue weighted by Crippen LogP contribution is -2.42. The number of rotatable bonds is 3. The van der Waals surface area contributed by atoms with Crippen LogP contribution in [0.3, 0.4) is 0 Å². The molecule has 1 saturated heterocycles. The summed E-state index contributed by atoms with van der Waals surface area (Å²) in [4.78, 5) is 18.3. The Morgan fingerprint density at radius 1 is 1.48 bits per heavy atom. The van der Waals surface area contributed by atoms with Crippen LogP contribution in [0.5, 0.6) is 0 Å². The summed E-state index contributed by atoms with van der Waals surface area (Å²) in [5.41, 5.74) is 7.36. The molecule has 0 unspecified atom stereocenters. The third kappa shape index (κ3) is 2.57. The van der Waals surface area contributed by atoms with Gasteiger partial charge in [0.2, 0.25) is 5.91 Å². The number of hydrogen-bond acceptors (Lipinski definition) is 4. The second-order valence-electron chi connectivity index (χ2n) is 5.98. The van der Waals surface area contributed by atoms with Crippen molar-refractivity contribution in [3.63, 3.8) is 0 Å². The molecule has 0 aliphatic carbocycles. The summed E-state index contributed by atoms with van der Waals surface area (Å²) in [6.07, 6.45) is 3.59. The zero-order chi connectivity index (χ0) is 15.0. The summed E-state index contributed by atoms with van der Waals surface area (Å²) in [7, 11) is 0. The second-order valence-corrected chi connectivity index (χ2v) is 5.98. The maximum absolute atomic E-state index is 11.5. The van der Waals surface area contributed by atoms with E-state index in [0.717, 1.165) is 36.5 Å². The number of anilines is 1. The average Bonchev–Trinajstić information content (AvgIpc) is 2.94. The topological polar surface area (TPSA) is 76.5 Å². The molecule has 0 saturated carbocycles. The first-order valence-corrected chi connectivity index (χ1v) is 7.45. The SMILES string of the molecule is CC(C)c1cc(N2CCC[C@H](C(N)=O)C2)n2nccc2n1. The quantitative estimate of drug-likeness (QED) is 0.929. The zero-order valence-corrected chi connectivity index (χ0v) is 12.5. The minimum absolute atomic E-state index is 0.0833. The van der Waals surface area contributed by atoms with Gasteiger partial charge in [0.25, 0.3) is 0 Å². The van der Waals surface area contributed by atoms with Gasteiger partial charge in [0.15, 0.2) is 5.65 Å². The smallest absolute Gasteiger partial charge is 0.222 e. The minimum Gasteiger partial charge on any atom is -0.369 e. The van der Waals surface area contributed by atoms with Gasteiger partial charge < -0.3 is 10.6 Å². The largest absolute Gasteiger partial charge is 0.369 e. The Morgan fingerprint density at radius 2 is 2.29 bits per heavy atom. The summed E-state index contributed by atoms with van der Waals surface area (Å²) in [6.45, 7) is 5.83. The van der Waals surface area contributed by atoms with Crippen molar-refractivity contribution in [1.82, 2.24) is 14.6 Å². The predicted molar refractivity (Wildman–Crippen MR) is 81.2 cm³/mol. The molecule has 1 fully saturated rings. The molecule has 2 aromatic rings. The molecule has 3 rings (SSSR count). The van der Waals surface area contributed by atoms with E-state index in [4.69, 9.17) is 5.73 Å². The first-order chi connectivity index (χ1) is 10.1. The third-order valence-electron chi connectivity index (χ3n) is 4.10. The molecule has 0 aromatic carbocycles. The van der Waals surface area contributed by atoms with Crippen molar-refractivity contribution in [2.75, 3.05) is 18.0 Å². The molecule has 0 bridgehead atoms. The number of carbonyl (C=O) groups excluding carboxylic acids is 1. The molecule has 0 spiro atoms. The van der Waals surface area contributed by atoms with Crippen molar-refractivity contribution in [2.24, 2.45) is 11.7 Å². The van der Waals surface area contributed by atoms with Gasteiger partial charge in [-0.3, -0.25) is 4.79 Å². The highest BCUT2D eigenvalue weighted by atomic mass is 16.1. The van der Waals surface area contributed by atoms with Crippen molar-refractivity contribution in [3.05, 3.63) is 24.0 Å². The van der Waals surface area contributed by atoms with E-state index in [1.54, 1.807) is 6.20 Å². The Bertz CT molecular complexity index is 663. The van der Waals surface area contributed by atoms with Crippen molar-refractivity contribution >= 4 is 17.4 Å². The monoisotopic (exact) mass is 287 g/mol. The van der Waals surface area contributed by atoms with E-state index in [9.17, 15) is 4.79 Å². The number of nitrogens with two attached hydrogens (primary N) is 1. The Kier molecular flexibility index (Phi) is 3.53. The first-order valence-electron chi connectivity index (χ1n) is 7.45. The van der Waals surface area contributed by atoms with Crippen LogP contribution < -0.4 is 10.6 Å². The minimum atomic E-state index is -0.213. The molecule has 2 aromatic heterocycles. The van der Waals surface area contributed by atoms with Crippen molar-refractivity contribution < 1.29 is 4.79 Å². The lowest BCUT2D eigenvalue weighted by atomic mass is 9.97. The summed E-state index contributed by atoms with van der Waals surface area (Å²) < 4.78 is 1.84. The van der Waals surface area contributed by atoms with Crippen LogP contribution in [0.2, 0.25) is 0 Å². The fraction of sp³-hybridized carbons (Fsp3) is 0.533. The van der Waals surface area contributed by atoms with Gasteiger partial charge in [-0.15, -0.1) is 0 Å². The zero-order valence-electron chi connectivity index (χ0n) is 12.5. The van der Waals surface area contributed by atoms with E-state index in [0.29, 0.717) is 12.5 Å². The highest BCUT2D eigenvalue weighted by Gasteiger charge is 2.26. The van der Waals surface area contributed by atoms with Gasteiger partial charge in [0, 0.05) is 30.9 Å². The predicted octanol–water partition coefficient (Wildman–Crippen LogP) is 1.55. The Balaban J connectivity index is 2.02. The highest BCUT2D eigenvalue weighted by molar-refractivity contribution is 5.77. The van der Waals surface area contributed by atoms with E-state index < -0.39 is 0 Å². The van der Waals surface area contributed by atoms with Gasteiger partial charge >= 0.3 is 0 Å². The van der Waals surface area contributed by atoms with E-state index in [1.165, 1.54) is 0 Å². The van der Waals surface area contributed by atoms with Crippen molar-refractivity contribution in [1.29, 1.82) is 0 Å². The number of hydrogen-bond donors (Lipinski definition) is 1. The fourth-order valence-corrected chi connectivity index (χ4v) is 2.85. The maximum atomic E-state index is 11.5. The molecule has 6 heteroatoms. The average molecular weight is 287 g/mol. The normalized spacial score (nSPS) is 19.4. The van der Waals surface area contributed by atoms with Crippen LogP contribution in [0.15, 0.2) is 18.3 Å². The number of carbonyl (C=O) groups is 1. The van der Waals surface area contributed by atoms with E-state index in [2.05, 4.69) is 34.9 Å². The van der Waals surface area contributed by atoms with Crippen molar-refractivity contribution in [3.8, 4) is 0 Å².